The molecule has 4 aromatic rings. The molecule has 0 spiro atoms. The molecule has 14 heteroatoms. The number of rotatable bonds is 6. The zero-order valence-corrected chi connectivity index (χ0v) is 21.9. The molecule has 2 aliphatic rings. The molecule has 0 bridgehead atoms. The first kappa shape index (κ1) is 25.0. The van der Waals surface area contributed by atoms with Crippen LogP contribution in [0.5, 0.6) is 0 Å². The number of oxazole rings is 1. The smallest absolute Gasteiger partial charge is 0.404 e. The van der Waals surface area contributed by atoms with E-state index in [1.165, 1.54) is 17.6 Å². The number of aryl methyl sites for hydroxylation is 1. The summed E-state index contributed by atoms with van der Waals surface area (Å²) >= 11 is 1.50. The van der Waals surface area contributed by atoms with Crippen LogP contribution < -0.4 is 20.4 Å². The van der Waals surface area contributed by atoms with Gasteiger partial charge in [0.05, 0.1) is 29.6 Å². The van der Waals surface area contributed by atoms with Crippen molar-refractivity contribution in [3.63, 3.8) is 0 Å². The van der Waals surface area contributed by atoms with Crippen LogP contribution in [0.4, 0.5) is 21.4 Å². The molecule has 0 aromatic carbocycles. The molecule has 6 rings (SSSR count). The fourth-order valence-corrected chi connectivity index (χ4v) is 5.69. The van der Waals surface area contributed by atoms with E-state index in [1.54, 1.807) is 12.3 Å². The van der Waals surface area contributed by atoms with Gasteiger partial charge in [0.15, 0.2) is 22.3 Å². The molecule has 3 N–H and O–H groups in total. The van der Waals surface area contributed by atoms with E-state index in [9.17, 15) is 9.59 Å². The number of nitrogens with zero attached hydrogens (tertiary/aromatic N) is 6. The lowest BCUT2D eigenvalue weighted by atomic mass is 10.2. The minimum atomic E-state index is -1.07. The number of carboxylic acid groups (broad SMARTS) is 1. The summed E-state index contributed by atoms with van der Waals surface area (Å²) in [7, 11) is 0. The highest BCUT2D eigenvalue weighted by Crippen LogP contribution is 2.36. The van der Waals surface area contributed by atoms with Crippen LogP contribution >= 0.6 is 11.3 Å². The van der Waals surface area contributed by atoms with Gasteiger partial charge < -0.3 is 34.7 Å². The molecule has 202 valence electrons. The lowest BCUT2D eigenvalue weighted by Gasteiger charge is -2.25. The fraction of sp³-hybridized carbons (Fsp3) is 0.360. The Balaban J connectivity index is 1.31. The number of aromatic nitrogens is 4. The first-order valence-electron chi connectivity index (χ1n) is 12.5. The molecule has 2 saturated heterocycles. The van der Waals surface area contributed by atoms with Crippen molar-refractivity contribution in [2.75, 3.05) is 54.5 Å². The zero-order valence-electron chi connectivity index (χ0n) is 21.1. The Kier molecular flexibility index (Phi) is 6.70. The summed E-state index contributed by atoms with van der Waals surface area (Å²) in [6, 6.07) is 5.21. The van der Waals surface area contributed by atoms with Crippen molar-refractivity contribution in [1.82, 2.24) is 25.3 Å². The van der Waals surface area contributed by atoms with E-state index in [0.29, 0.717) is 55.8 Å². The average molecular weight is 551 g/mol. The molecule has 0 radical (unpaired) electrons. The van der Waals surface area contributed by atoms with Crippen LogP contribution in [0.2, 0.25) is 0 Å². The predicted molar refractivity (Wildman–Crippen MR) is 145 cm³/mol. The van der Waals surface area contributed by atoms with Crippen LogP contribution in [-0.4, -0.2) is 82.5 Å². The number of fused-ring (bicyclic) bond motifs is 1. The van der Waals surface area contributed by atoms with E-state index in [2.05, 4.69) is 25.5 Å². The topological polar surface area (TPSA) is 159 Å². The van der Waals surface area contributed by atoms with Crippen LogP contribution in [0, 0.1) is 6.92 Å². The van der Waals surface area contributed by atoms with E-state index in [4.69, 9.17) is 24.2 Å². The highest BCUT2D eigenvalue weighted by atomic mass is 32.1. The summed E-state index contributed by atoms with van der Waals surface area (Å²) in [6.45, 7) is 5.63. The quantitative estimate of drug-likeness (QED) is 0.324. The summed E-state index contributed by atoms with van der Waals surface area (Å²) in [5.41, 5.74) is 2.71. The molecule has 0 saturated carbocycles. The lowest BCUT2D eigenvalue weighted by molar-refractivity contribution is 0.102. The summed E-state index contributed by atoms with van der Waals surface area (Å²) < 4.78 is 11.9. The van der Waals surface area contributed by atoms with Crippen molar-refractivity contribution in [3.05, 3.63) is 42.0 Å². The van der Waals surface area contributed by atoms with Crippen LogP contribution in [-0.2, 0) is 4.74 Å². The summed E-state index contributed by atoms with van der Waals surface area (Å²) in [5.74, 6) is 0.396. The second-order valence-corrected chi connectivity index (χ2v) is 10.3. The number of anilines is 3. The van der Waals surface area contributed by atoms with E-state index in [1.807, 2.05) is 24.0 Å². The van der Waals surface area contributed by atoms with Gasteiger partial charge in [-0.25, -0.2) is 14.8 Å². The number of hydrogen-bond acceptors (Lipinski definition) is 11. The molecule has 6 heterocycles. The van der Waals surface area contributed by atoms with Crippen LogP contribution in [0.15, 0.2) is 35.1 Å². The van der Waals surface area contributed by atoms with Gasteiger partial charge in [0.2, 0.25) is 5.89 Å². The number of carbonyl (C=O) groups excluding carboxylic acids is 1. The molecule has 2 aliphatic heterocycles. The first-order chi connectivity index (χ1) is 18.9. The monoisotopic (exact) mass is 550 g/mol. The van der Waals surface area contributed by atoms with Crippen LogP contribution in [0.3, 0.4) is 0 Å². The Morgan fingerprint density at radius 1 is 1.13 bits per heavy atom. The maximum atomic E-state index is 13.3. The maximum Gasteiger partial charge on any atom is 0.404 e. The fourth-order valence-electron chi connectivity index (χ4n) is 4.69. The minimum absolute atomic E-state index is 0.121. The van der Waals surface area contributed by atoms with Gasteiger partial charge in [-0.2, -0.15) is 4.98 Å². The van der Waals surface area contributed by atoms with Crippen molar-refractivity contribution in [2.45, 2.75) is 19.4 Å². The molecule has 39 heavy (non-hydrogen) atoms. The number of hydrogen-bond donors (Lipinski definition) is 3. The Bertz CT molecular complexity index is 1530. The van der Waals surface area contributed by atoms with Crippen molar-refractivity contribution in [2.24, 2.45) is 0 Å². The van der Waals surface area contributed by atoms with Gasteiger partial charge in [-0.05, 0) is 31.5 Å². The third kappa shape index (κ3) is 5.33. The highest BCUT2D eigenvalue weighted by molar-refractivity contribution is 7.22. The van der Waals surface area contributed by atoms with Gasteiger partial charge >= 0.3 is 6.09 Å². The molecule has 2 amide bonds. The summed E-state index contributed by atoms with van der Waals surface area (Å²) in [4.78, 5) is 46.7. The zero-order chi connectivity index (χ0) is 26.9. The Morgan fingerprint density at radius 3 is 2.77 bits per heavy atom. The normalized spacial score (nSPS) is 17.5. The number of pyridine rings is 2. The Hall–Kier alpha value is -4.30. The number of morpholine rings is 1. The third-order valence-electron chi connectivity index (χ3n) is 6.58. The summed E-state index contributed by atoms with van der Waals surface area (Å²) in [5, 5.41) is 15.5. The number of nitrogens with one attached hydrogen (secondary N) is 2. The molecule has 1 atom stereocenters. The Morgan fingerprint density at radius 2 is 1.97 bits per heavy atom. The number of carbonyl (C=O) groups is 2. The van der Waals surface area contributed by atoms with Gasteiger partial charge in [-0.3, -0.25) is 9.78 Å². The van der Waals surface area contributed by atoms with Crippen LogP contribution in [0.25, 0.3) is 21.8 Å². The van der Waals surface area contributed by atoms with Crippen LogP contribution in [0.1, 0.15) is 22.6 Å². The number of thiazole rings is 1. The van der Waals surface area contributed by atoms with Crippen molar-refractivity contribution in [1.29, 1.82) is 0 Å². The molecular formula is C25H26N8O5S. The van der Waals surface area contributed by atoms with Crippen molar-refractivity contribution >= 4 is 50.3 Å². The number of amides is 2. The van der Waals surface area contributed by atoms with Gasteiger partial charge in [0.1, 0.15) is 6.26 Å². The summed E-state index contributed by atoms with van der Waals surface area (Å²) in [6.07, 6.45) is 2.52. The molecule has 13 nitrogen and oxygen atoms in total. The van der Waals surface area contributed by atoms with Crippen molar-refractivity contribution < 1.29 is 23.8 Å². The third-order valence-corrected chi connectivity index (χ3v) is 7.63. The Labute approximate surface area is 226 Å². The van der Waals surface area contributed by atoms with E-state index < -0.39 is 12.0 Å². The minimum Gasteiger partial charge on any atom is -0.465 e. The standard InChI is InChI=1S/C25H26N8O5S/c1-14-10-15(2-4-26-14)23-29-18(13-38-23)22(34)28-17-11-19-20(31-24(39-19)32-6-8-37-9-7-32)30-21(17)33-5-3-16(12-33)27-25(35)36/h2,4,10-11,13,16,27H,3,5-9,12H2,1H3,(H,28,34)(H,35,36)/t16-/m0/s1. The second-order valence-electron chi connectivity index (χ2n) is 9.34. The lowest BCUT2D eigenvalue weighted by Crippen LogP contribution is -2.36. The molecule has 2 fully saturated rings. The maximum absolute atomic E-state index is 13.3. The van der Waals surface area contributed by atoms with Gasteiger partial charge in [0, 0.05) is 43.6 Å². The van der Waals surface area contributed by atoms with Crippen molar-refractivity contribution in [3.8, 4) is 11.5 Å². The average Bonchev–Trinajstić information content (AvgIpc) is 3.68. The SMILES string of the molecule is Cc1cc(-c2nc(C(=O)Nc3cc4sc(N5CCOCC5)nc4nc3N3CC[C@H](NC(=O)O)C3)co2)ccn1. The van der Waals surface area contributed by atoms with Gasteiger partial charge in [-0.1, -0.05) is 11.3 Å². The molecular weight excluding hydrogens is 524 g/mol. The van der Waals surface area contributed by atoms with Gasteiger partial charge in [0.25, 0.3) is 5.91 Å². The van der Waals surface area contributed by atoms with E-state index in [0.717, 1.165) is 34.2 Å². The first-order valence-corrected chi connectivity index (χ1v) is 13.3. The molecule has 4 aromatic heterocycles. The molecule has 0 unspecified atom stereocenters. The largest absolute Gasteiger partial charge is 0.465 e. The van der Waals surface area contributed by atoms with Gasteiger partial charge in [-0.15, -0.1) is 0 Å². The second kappa shape index (κ2) is 10.5. The molecule has 0 aliphatic carbocycles. The predicted octanol–water partition coefficient (Wildman–Crippen LogP) is 2.98. The van der Waals surface area contributed by atoms with E-state index in [-0.39, 0.29) is 11.7 Å². The highest BCUT2D eigenvalue weighted by Gasteiger charge is 2.29. The van der Waals surface area contributed by atoms with E-state index >= 15 is 0 Å². The number of ether oxygens (including phenoxy) is 1.